The zero-order valence-corrected chi connectivity index (χ0v) is 17.5. The highest BCUT2D eigenvalue weighted by atomic mass is 28.3. The fraction of sp³-hybridized carbons (Fsp3) is 0.722. The van der Waals surface area contributed by atoms with Gasteiger partial charge >= 0.3 is 0 Å². The van der Waals surface area contributed by atoms with Gasteiger partial charge in [-0.3, -0.25) is 14.4 Å². The van der Waals surface area contributed by atoms with Crippen LogP contribution < -0.4 is 11.1 Å². The predicted octanol–water partition coefficient (Wildman–Crippen LogP) is 0.379. The predicted molar refractivity (Wildman–Crippen MR) is 103 cm³/mol. The van der Waals surface area contributed by atoms with E-state index in [9.17, 15) is 19.5 Å². The van der Waals surface area contributed by atoms with Crippen molar-refractivity contribution in [2.75, 3.05) is 6.54 Å². The van der Waals surface area contributed by atoms with Gasteiger partial charge in [-0.05, 0) is 5.04 Å². The summed E-state index contributed by atoms with van der Waals surface area (Å²) in [6.45, 7) is 12.2. The molecule has 8 heteroatoms. The first kappa shape index (κ1) is 22.2. The number of nitrogens with two attached hydrogens (primary N) is 1. The molecule has 1 aliphatic rings. The first-order valence-corrected chi connectivity index (χ1v) is 11.8. The van der Waals surface area contributed by atoms with Crippen LogP contribution in [0.2, 0.25) is 18.1 Å². The molecule has 1 aliphatic heterocycles. The fourth-order valence-corrected chi connectivity index (χ4v) is 3.38. The third-order valence-electron chi connectivity index (χ3n) is 5.23. The quantitative estimate of drug-likeness (QED) is 0.482. The second kappa shape index (κ2) is 8.23. The van der Waals surface area contributed by atoms with E-state index < -0.39 is 38.1 Å². The van der Waals surface area contributed by atoms with Crippen LogP contribution in [0.3, 0.4) is 0 Å². The minimum Gasteiger partial charge on any atom is -0.391 e. The third kappa shape index (κ3) is 5.58. The Balaban J connectivity index is 2.82. The number of amides is 3. The number of carbonyl (C=O) groups is 3. The molecule has 4 N–H and O–H groups in total. The van der Waals surface area contributed by atoms with Crippen molar-refractivity contribution in [2.24, 2.45) is 5.73 Å². The van der Waals surface area contributed by atoms with E-state index in [-0.39, 0.29) is 30.3 Å². The normalized spacial score (nSPS) is 21.6. The summed E-state index contributed by atoms with van der Waals surface area (Å²) in [6.07, 6.45) is -0.477. The van der Waals surface area contributed by atoms with Crippen molar-refractivity contribution in [3.05, 3.63) is 0 Å². The zero-order chi connectivity index (χ0) is 20.3. The molecule has 0 aromatic heterocycles. The summed E-state index contributed by atoms with van der Waals surface area (Å²) in [7, 11) is -1.82. The number of nitrogens with one attached hydrogen (secondary N) is 1. The van der Waals surface area contributed by atoms with E-state index in [2.05, 4.69) is 50.6 Å². The van der Waals surface area contributed by atoms with Gasteiger partial charge in [0.2, 0.25) is 17.7 Å². The number of hydrogen-bond donors (Lipinski definition) is 3. The van der Waals surface area contributed by atoms with Gasteiger partial charge in [-0.1, -0.05) is 33.9 Å². The van der Waals surface area contributed by atoms with E-state index in [4.69, 9.17) is 5.73 Å². The summed E-state index contributed by atoms with van der Waals surface area (Å²) in [5.41, 5.74) is 8.69. The van der Waals surface area contributed by atoms with Gasteiger partial charge in [0.15, 0.2) is 0 Å². The molecule has 0 aromatic carbocycles. The molecule has 146 valence electrons. The highest BCUT2D eigenvalue weighted by Gasteiger charge is 2.38. The Bertz CT molecular complexity index is 631. The number of rotatable bonds is 4. The molecule has 0 unspecified atom stereocenters. The summed E-state index contributed by atoms with van der Waals surface area (Å²) in [5, 5.41) is 12.4. The maximum absolute atomic E-state index is 12.5. The molecule has 1 heterocycles. The lowest BCUT2D eigenvalue weighted by atomic mass is 10.1. The molecule has 0 aromatic rings. The lowest BCUT2D eigenvalue weighted by Crippen LogP contribution is -2.51. The molecule has 7 nitrogen and oxygen atoms in total. The molecule has 1 rings (SSSR count). The lowest BCUT2D eigenvalue weighted by molar-refractivity contribution is -0.137. The average molecular weight is 382 g/mol. The van der Waals surface area contributed by atoms with Crippen molar-refractivity contribution < 1.29 is 19.5 Å². The summed E-state index contributed by atoms with van der Waals surface area (Å²) in [5.74, 6) is 1.56. The Labute approximate surface area is 156 Å². The highest BCUT2D eigenvalue weighted by molar-refractivity contribution is 6.87. The molecule has 3 amide bonds. The van der Waals surface area contributed by atoms with Gasteiger partial charge in [0.1, 0.15) is 20.2 Å². The van der Waals surface area contributed by atoms with Gasteiger partial charge in [-0.25, -0.2) is 0 Å². The minimum atomic E-state index is -1.82. The van der Waals surface area contributed by atoms with Crippen molar-refractivity contribution in [3.8, 4) is 11.5 Å². The maximum atomic E-state index is 12.5. The number of nitrogens with zero attached hydrogens (tertiary/aromatic N) is 1. The summed E-state index contributed by atoms with van der Waals surface area (Å²) < 4.78 is 0. The van der Waals surface area contributed by atoms with Crippen molar-refractivity contribution in [2.45, 2.75) is 76.9 Å². The Morgan fingerprint density at radius 1 is 1.35 bits per heavy atom. The molecule has 0 saturated carbocycles. The van der Waals surface area contributed by atoms with Gasteiger partial charge in [0.05, 0.1) is 6.10 Å². The van der Waals surface area contributed by atoms with Crippen LogP contribution in [0.4, 0.5) is 0 Å². The van der Waals surface area contributed by atoms with Crippen LogP contribution in [-0.2, 0) is 14.4 Å². The molecular weight excluding hydrogens is 350 g/mol. The molecule has 0 radical (unpaired) electrons. The Morgan fingerprint density at radius 2 is 1.92 bits per heavy atom. The van der Waals surface area contributed by atoms with Gasteiger partial charge < -0.3 is 21.1 Å². The number of likely N-dealkylation sites (tertiary alicyclic amines) is 1. The topological polar surface area (TPSA) is 113 Å². The van der Waals surface area contributed by atoms with Crippen LogP contribution in [0.5, 0.6) is 0 Å². The van der Waals surface area contributed by atoms with Crippen molar-refractivity contribution >= 4 is 25.8 Å². The number of β-amino-alcohol motifs (C(OH)–C–C–N with tert-alkyl or cyclic N) is 1. The second-order valence-electron chi connectivity index (χ2n) is 8.42. The van der Waals surface area contributed by atoms with Crippen molar-refractivity contribution in [1.82, 2.24) is 10.2 Å². The molecule has 1 saturated heterocycles. The number of primary amides is 1. The van der Waals surface area contributed by atoms with Crippen molar-refractivity contribution in [1.29, 1.82) is 0 Å². The molecule has 1 fully saturated rings. The first-order valence-electron chi connectivity index (χ1n) is 8.81. The minimum absolute atomic E-state index is 0.0907. The van der Waals surface area contributed by atoms with Crippen LogP contribution in [0.25, 0.3) is 0 Å². The molecule has 0 bridgehead atoms. The summed E-state index contributed by atoms with van der Waals surface area (Å²) in [4.78, 5) is 37.1. The SMILES string of the molecule is CC(=O)N1C[C@H](O)C[C@H]1C(=O)N[C@@H](CC#C[Si](C)(C)C(C)(C)C)C(N)=O. The largest absolute Gasteiger partial charge is 0.391 e. The summed E-state index contributed by atoms with van der Waals surface area (Å²) >= 11 is 0. The Hall–Kier alpha value is -1.85. The monoisotopic (exact) mass is 381 g/mol. The van der Waals surface area contributed by atoms with Gasteiger partial charge in [-0.15, -0.1) is 11.5 Å². The molecule has 0 aliphatic carbocycles. The zero-order valence-electron chi connectivity index (χ0n) is 16.5. The van der Waals surface area contributed by atoms with E-state index in [0.29, 0.717) is 0 Å². The van der Waals surface area contributed by atoms with Crippen LogP contribution in [0, 0.1) is 11.5 Å². The number of carbonyl (C=O) groups excluding carboxylic acids is 3. The van der Waals surface area contributed by atoms with Crippen LogP contribution in [0.15, 0.2) is 0 Å². The van der Waals surface area contributed by atoms with E-state index in [1.807, 2.05) is 0 Å². The first-order chi connectivity index (χ1) is 11.8. The van der Waals surface area contributed by atoms with Gasteiger partial charge in [0, 0.05) is 26.3 Å². The fourth-order valence-electron chi connectivity index (χ4n) is 2.46. The van der Waals surface area contributed by atoms with Crippen LogP contribution in [0.1, 0.15) is 40.5 Å². The molecule has 0 spiro atoms. The smallest absolute Gasteiger partial charge is 0.243 e. The number of hydrogen-bond acceptors (Lipinski definition) is 4. The standard InChI is InChI=1S/C18H31N3O4Si/c1-12(22)21-11-13(23)10-15(21)17(25)20-14(16(19)24)8-7-9-26(5,6)18(2,3)4/h13-15,23H,8,10-11H2,1-6H3,(H2,19,24)(H,20,25)/t13-,14+,15+/m1/s1. The lowest BCUT2D eigenvalue weighted by Gasteiger charge is -2.31. The van der Waals surface area contributed by atoms with E-state index in [1.165, 1.54) is 11.8 Å². The van der Waals surface area contributed by atoms with E-state index >= 15 is 0 Å². The Kier molecular flexibility index (Phi) is 7.02. The molecule has 3 atom stereocenters. The Morgan fingerprint density at radius 3 is 2.38 bits per heavy atom. The average Bonchev–Trinajstić information content (AvgIpc) is 2.87. The summed E-state index contributed by atoms with van der Waals surface area (Å²) in [6, 6.07) is -1.72. The van der Waals surface area contributed by atoms with Crippen LogP contribution >= 0.6 is 0 Å². The third-order valence-corrected chi connectivity index (χ3v) is 9.78. The van der Waals surface area contributed by atoms with Crippen molar-refractivity contribution in [3.63, 3.8) is 0 Å². The number of aliphatic hydroxyl groups is 1. The molecule has 26 heavy (non-hydrogen) atoms. The second-order valence-corrected chi connectivity index (χ2v) is 13.4. The number of aliphatic hydroxyl groups excluding tert-OH is 1. The van der Waals surface area contributed by atoms with Gasteiger partial charge in [0.25, 0.3) is 0 Å². The van der Waals surface area contributed by atoms with Crippen LogP contribution in [-0.4, -0.2) is 60.5 Å². The van der Waals surface area contributed by atoms with E-state index in [1.54, 1.807) is 0 Å². The van der Waals surface area contributed by atoms with E-state index in [0.717, 1.165) is 0 Å². The highest BCUT2D eigenvalue weighted by Crippen LogP contribution is 2.35. The maximum Gasteiger partial charge on any atom is 0.243 e. The molecular formula is C18H31N3O4Si. The van der Waals surface area contributed by atoms with Gasteiger partial charge in [-0.2, -0.15) is 0 Å².